The van der Waals surface area contributed by atoms with E-state index >= 15 is 0 Å². The Kier molecular flexibility index (Phi) is 11.2. The number of para-hydroxylation sites is 1. The number of ether oxygens (including phenoxy) is 1. The zero-order valence-electron chi connectivity index (χ0n) is 26.7. The molecule has 0 spiro atoms. The van der Waals surface area contributed by atoms with Gasteiger partial charge in [0.15, 0.2) is 0 Å². The molecule has 1 heterocycles. The Bertz CT molecular complexity index is 1460. The molecular weight excluding hydrogens is 591 g/mol. The number of nitrogens with zero attached hydrogens (tertiary/aromatic N) is 2. The van der Waals surface area contributed by atoms with Gasteiger partial charge in [-0.2, -0.15) is 13.2 Å². The summed E-state index contributed by atoms with van der Waals surface area (Å²) in [6.45, 7) is 8.27. The van der Waals surface area contributed by atoms with Gasteiger partial charge in [0, 0.05) is 43.3 Å². The molecule has 0 bridgehead atoms. The molecule has 1 N–H and O–H groups in total. The normalized spacial score (nSPS) is 17.1. The first-order valence-electron chi connectivity index (χ1n) is 16.5. The van der Waals surface area contributed by atoms with Gasteiger partial charge >= 0.3 is 6.18 Å². The van der Waals surface area contributed by atoms with Crippen LogP contribution in [-0.2, 0) is 28.5 Å². The standard InChI is InChI=1S/C37H44F3N3O3/c1-3-26-10-9-11-27(4-2)34(26)43(36(45)29-14-15-29)21-8-7-20-42-22-23-46-31(25-42)24-41-35(44)33-13-6-5-12-32(33)28-16-18-30(19-17-28)37(38,39)40/h5-6,9-13,16-19,29,31H,3-4,7-8,14-15,20-25H2,1-2H3,(H,41,44). The van der Waals surface area contributed by atoms with E-state index in [1.54, 1.807) is 24.3 Å². The summed E-state index contributed by atoms with van der Waals surface area (Å²) in [5, 5.41) is 2.97. The van der Waals surface area contributed by atoms with Crippen LogP contribution in [0.15, 0.2) is 66.7 Å². The molecule has 0 aromatic heterocycles. The van der Waals surface area contributed by atoms with Crippen LogP contribution >= 0.6 is 0 Å². The Morgan fingerprint density at radius 1 is 0.935 bits per heavy atom. The van der Waals surface area contributed by atoms with Crippen molar-refractivity contribution >= 4 is 17.5 Å². The number of hydrogen-bond acceptors (Lipinski definition) is 4. The lowest BCUT2D eigenvalue weighted by Crippen LogP contribution is -2.47. The number of halogens is 3. The SMILES string of the molecule is CCc1cccc(CC)c1N(CCCCN1CCOC(CNC(=O)c2ccccc2-c2ccc(C(F)(F)F)cc2)C1)C(=O)C1CC1. The van der Waals surface area contributed by atoms with Gasteiger partial charge in [-0.15, -0.1) is 0 Å². The maximum Gasteiger partial charge on any atom is 0.416 e. The van der Waals surface area contributed by atoms with Crippen LogP contribution in [0.5, 0.6) is 0 Å². The lowest BCUT2D eigenvalue weighted by molar-refractivity contribution is -0.137. The van der Waals surface area contributed by atoms with Gasteiger partial charge in [0.05, 0.1) is 18.3 Å². The number of carbonyl (C=O) groups is 2. The number of benzene rings is 3. The molecular formula is C37H44F3N3O3. The van der Waals surface area contributed by atoms with Crippen LogP contribution in [0.4, 0.5) is 18.9 Å². The third-order valence-corrected chi connectivity index (χ3v) is 8.94. The zero-order chi connectivity index (χ0) is 32.7. The Labute approximate surface area is 269 Å². The fourth-order valence-corrected chi connectivity index (χ4v) is 6.23. The molecule has 6 nitrogen and oxygen atoms in total. The van der Waals surface area contributed by atoms with Gasteiger partial charge in [-0.3, -0.25) is 14.5 Å². The van der Waals surface area contributed by atoms with Crippen molar-refractivity contribution in [2.75, 3.05) is 44.2 Å². The predicted octanol–water partition coefficient (Wildman–Crippen LogP) is 7.15. The van der Waals surface area contributed by atoms with Crippen molar-refractivity contribution in [3.63, 3.8) is 0 Å². The van der Waals surface area contributed by atoms with Crippen molar-refractivity contribution in [2.24, 2.45) is 5.92 Å². The number of aryl methyl sites for hydroxylation is 2. The van der Waals surface area contributed by atoms with E-state index in [0.29, 0.717) is 42.9 Å². The van der Waals surface area contributed by atoms with Crippen LogP contribution in [0.3, 0.4) is 0 Å². The van der Waals surface area contributed by atoms with Crippen molar-refractivity contribution in [2.45, 2.75) is 64.7 Å². The van der Waals surface area contributed by atoms with E-state index in [9.17, 15) is 22.8 Å². The number of hydrogen-bond donors (Lipinski definition) is 1. The molecule has 9 heteroatoms. The third kappa shape index (κ3) is 8.36. The summed E-state index contributed by atoms with van der Waals surface area (Å²) in [4.78, 5) is 31.0. The van der Waals surface area contributed by atoms with Gasteiger partial charge in [-0.05, 0) is 85.5 Å². The van der Waals surface area contributed by atoms with Crippen LogP contribution in [0.2, 0.25) is 0 Å². The second kappa shape index (κ2) is 15.3. The Morgan fingerprint density at radius 3 is 2.28 bits per heavy atom. The first-order valence-corrected chi connectivity index (χ1v) is 16.5. The summed E-state index contributed by atoms with van der Waals surface area (Å²) < 4.78 is 45.1. The molecule has 46 heavy (non-hydrogen) atoms. The fourth-order valence-electron chi connectivity index (χ4n) is 6.23. The molecule has 3 aromatic carbocycles. The van der Waals surface area contributed by atoms with Crippen LogP contribution in [0.25, 0.3) is 11.1 Å². The monoisotopic (exact) mass is 635 g/mol. The van der Waals surface area contributed by atoms with E-state index in [1.165, 1.54) is 23.3 Å². The van der Waals surface area contributed by atoms with Gasteiger partial charge in [0.2, 0.25) is 5.91 Å². The first-order chi connectivity index (χ1) is 22.2. The highest BCUT2D eigenvalue weighted by atomic mass is 19.4. The number of nitrogens with one attached hydrogen (secondary N) is 1. The van der Waals surface area contributed by atoms with Crippen LogP contribution in [-0.4, -0.2) is 62.1 Å². The molecule has 5 rings (SSSR count). The van der Waals surface area contributed by atoms with Gasteiger partial charge in [0.25, 0.3) is 5.91 Å². The third-order valence-electron chi connectivity index (χ3n) is 8.94. The minimum Gasteiger partial charge on any atom is -0.374 e. The molecule has 1 unspecified atom stereocenters. The summed E-state index contributed by atoms with van der Waals surface area (Å²) in [7, 11) is 0. The molecule has 246 valence electrons. The lowest BCUT2D eigenvalue weighted by Gasteiger charge is -2.33. The largest absolute Gasteiger partial charge is 0.416 e. The van der Waals surface area contributed by atoms with Gasteiger partial charge in [0.1, 0.15) is 0 Å². The zero-order valence-corrected chi connectivity index (χ0v) is 26.7. The van der Waals surface area contributed by atoms with Crippen molar-refractivity contribution in [1.82, 2.24) is 10.2 Å². The maximum atomic E-state index is 13.4. The second-order valence-electron chi connectivity index (χ2n) is 12.2. The molecule has 1 saturated carbocycles. The Morgan fingerprint density at radius 2 is 1.63 bits per heavy atom. The van der Waals surface area contributed by atoms with Crippen molar-refractivity contribution < 1.29 is 27.5 Å². The van der Waals surface area contributed by atoms with Gasteiger partial charge in [-0.25, -0.2) is 0 Å². The summed E-state index contributed by atoms with van der Waals surface area (Å²) in [5.74, 6) is 0.125. The first kappa shape index (κ1) is 33.7. The Balaban J connectivity index is 1.13. The second-order valence-corrected chi connectivity index (χ2v) is 12.2. The van der Waals surface area contributed by atoms with E-state index in [0.717, 1.165) is 69.4 Å². The molecule has 1 saturated heterocycles. The molecule has 1 aliphatic heterocycles. The number of amides is 2. The minimum absolute atomic E-state index is 0.159. The lowest BCUT2D eigenvalue weighted by atomic mass is 9.98. The van der Waals surface area contributed by atoms with E-state index in [4.69, 9.17) is 4.74 Å². The number of carbonyl (C=O) groups excluding carboxylic acids is 2. The van der Waals surface area contributed by atoms with Crippen LogP contribution in [0.1, 0.15) is 66.6 Å². The number of anilines is 1. The van der Waals surface area contributed by atoms with Crippen LogP contribution < -0.4 is 10.2 Å². The fraction of sp³-hybridized carbons (Fsp3) is 0.459. The van der Waals surface area contributed by atoms with Crippen molar-refractivity contribution in [3.8, 4) is 11.1 Å². The molecule has 1 atom stereocenters. The number of rotatable bonds is 13. The number of morpholine rings is 1. The van der Waals surface area contributed by atoms with E-state index in [2.05, 4.69) is 47.2 Å². The summed E-state index contributed by atoms with van der Waals surface area (Å²) >= 11 is 0. The van der Waals surface area contributed by atoms with E-state index < -0.39 is 11.7 Å². The molecule has 1 aliphatic carbocycles. The summed E-state index contributed by atoms with van der Waals surface area (Å²) in [6.07, 6.45) is 1.01. The number of alkyl halides is 3. The molecule has 2 fully saturated rings. The quantitative estimate of drug-likeness (QED) is 0.203. The van der Waals surface area contributed by atoms with E-state index in [-0.39, 0.29) is 23.8 Å². The molecule has 3 aromatic rings. The smallest absolute Gasteiger partial charge is 0.374 e. The minimum atomic E-state index is -4.42. The Hall–Kier alpha value is -3.69. The van der Waals surface area contributed by atoms with Gasteiger partial charge in [-0.1, -0.05) is 62.4 Å². The molecule has 0 radical (unpaired) electrons. The van der Waals surface area contributed by atoms with E-state index in [1.807, 2.05) is 0 Å². The topological polar surface area (TPSA) is 61.9 Å². The highest BCUT2D eigenvalue weighted by Gasteiger charge is 2.35. The number of unbranched alkanes of at least 4 members (excludes halogenated alkanes) is 1. The van der Waals surface area contributed by atoms with Crippen molar-refractivity contribution in [3.05, 3.63) is 89.0 Å². The van der Waals surface area contributed by atoms with Crippen molar-refractivity contribution in [1.29, 1.82) is 0 Å². The highest BCUT2D eigenvalue weighted by Crippen LogP contribution is 2.36. The molecule has 2 amide bonds. The average molecular weight is 636 g/mol. The average Bonchev–Trinajstić information content (AvgIpc) is 3.92. The van der Waals surface area contributed by atoms with Crippen LogP contribution in [0, 0.1) is 5.92 Å². The maximum absolute atomic E-state index is 13.4. The summed E-state index contributed by atoms with van der Waals surface area (Å²) in [6, 6.07) is 18.1. The van der Waals surface area contributed by atoms with Gasteiger partial charge < -0.3 is 15.0 Å². The molecule has 2 aliphatic rings. The predicted molar refractivity (Wildman–Crippen MR) is 175 cm³/mol. The highest BCUT2D eigenvalue weighted by molar-refractivity contribution is 6.01. The summed E-state index contributed by atoms with van der Waals surface area (Å²) in [5.41, 5.74) is 4.36.